The number of likely N-dealkylation sites (N-methyl/N-ethyl adjacent to an activating group) is 1. The van der Waals surface area contributed by atoms with Crippen LogP contribution in [-0.4, -0.2) is 125 Å². The highest BCUT2D eigenvalue weighted by Gasteiger charge is 2.58. The summed E-state index contributed by atoms with van der Waals surface area (Å²) < 4.78 is 69.7. The zero-order valence-electron chi connectivity index (χ0n) is 24.2. The molecule has 17 heteroatoms. The maximum atomic E-state index is 13.6. The lowest BCUT2D eigenvalue weighted by Gasteiger charge is -2.42. The van der Waals surface area contributed by atoms with E-state index in [1.54, 1.807) is 11.1 Å². The molecule has 0 bridgehead atoms. The van der Waals surface area contributed by atoms with Crippen molar-refractivity contribution in [3.05, 3.63) is 66.0 Å². The number of halogens is 6. The Morgan fingerprint density at radius 3 is 2.02 bits per heavy atom. The molecule has 2 aliphatic rings. The Bertz CT molecular complexity index is 1270. The van der Waals surface area contributed by atoms with E-state index in [1.165, 1.54) is 0 Å². The molecule has 0 aliphatic carbocycles. The van der Waals surface area contributed by atoms with E-state index in [1.807, 2.05) is 67.5 Å². The molecule has 2 amide bonds. The van der Waals surface area contributed by atoms with Gasteiger partial charge in [0.1, 0.15) is 0 Å². The number of hydrogen-bond acceptors (Lipinski definition) is 7. The second-order valence-electron chi connectivity index (χ2n) is 10.2. The van der Waals surface area contributed by atoms with E-state index >= 15 is 0 Å². The molecule has 1 spiro atoms. The second-order valence-corrected chi connectivity index (χ2v) is 10.2. The summed E-state index contributed by atoms with van der Waals surface area (Å²) in [4.78, 5) is 54.5. The molecule has 1 aromatic heterocycles. The molecule has 0 saturated carbocycles. The van der Waals surface area contributed by atoms with Gasteiger partial charge in [-0.05, 0) is 31.8 Å². The first-order valence-electron chi connectivity index (χ1n) is 13.3. The Labute approximate surface area is 254 Å². The fourth-order valence-corrected chi connectivity index (χ4v) is 4.51. The fourth-order valence-electron chi connectivity index (χ4n) is 4.51. The molecule has 2 fully saturated rings. The maximum Gasteiger partial charge on any atom is 0.490 e. The standard InChI is InChI=1S/C24H30N4O3.2C2HF3O2/c1-26(2)12-13-27-17-21(19-8-4-3-5-9-19)24(23(27)30)18-28(14-15-31-24)22(29)16-20-10-6-7-11-25-20;2*3-2(4,5)1(6)7/h3-11,21H,12-18H2,1-2H3;2*(H,6,7). The lowest BCUT2D eigenvalue weighted by molar-refractivity contribution is -0.193. The topological polar surface area (TPSA) is 141 Å². The summed E-state index contributed by atoms with van der Waals surface area (Å²) in [7, 11) is 4.00. The molecule has 4 rings (SSSR count). The van der Waals surface area contributed by atoms with Gasteiger partial charge < -0.3 is 29.6 Å². The van der Waals surface area contributed by atoms with Gasteiger partial charge in [-0.2, -0.15) is 26.3 Å². The van der Waals surface area contributed by atoms with Gasteiger partial charge in [0, 0.05) is 44.0 Å². The number of aliphatic carboxylic acids is 2. The number of nitrogens with zero attached hydrogens (tertiary/aromatic N) is 4. The van der Waals surface area contributed by atoms with Crippen molar-refractivity contribution in [2.24, 2.45) is 0 Å². The minimum absolute atomic E-state index is 0.0152. The lowest BCUT2D eigenvalue weighted by Crippen LogP contribution is -2.59. The minimum Gasteiger partial charge on any atom is -0.475 e. The molecule has 2 aromatic rings. The largest absolute Gasteiger partial charge is 0.490 e. The van der Waals surface area contributed by atoms with Crippen molar-refractivity contribution in [2.45, 2.75) is 30.3 Å². The number of benzene rings is 1. The smallest absolute Gasteiger partial charge is 0.475 e. The minimum atomic E-state index is -5.08. The number of likely N-dealkylation sites (tertiary alicyclic amines) is 1. The number of alkyl halides is 6. The number of carbonyl (C=O) groups excluding carboxylic acids is 2. The summed E-state index contributed by atoms with van der Waals surface area (Å²) in [6.07, 6.45) is -8.25. The van der Waals surface area contributed by atoms with Crippen LogP contribution in [0.2, 0.25) is 0 Å². The molecular weight excluding hydrogens is 618 g/mol. The zero-order chi connectivity index (χ0) is 34.0. The number of pyridine rings is 1. The first-order valence-corrected chi connectivity index (χ1v) is 13.3. The number of amides is 2. The van der Waals surface area contributed by atoms with Crippen LogP contribution in [0.15, 0.2) is 54.7 Å². The van der Waals surface area contributed by atoms with Crippen molar-refractivity contribution < 1.29 is 60.5 Å². The molecule has 1 aromatic carbocycles. The third-order valence-electron chi connectivity index (χ3n) is 6.68. The number of morpholine rings is 1. The van der Waals surface area contributed by atoms with Crippen LogP contribution in [0.5, 0.6) is 0 Å². The van der Waals surface area contributed by atoms with Crippen LogP contribution in [0.1, 0.15) is 17.2 Å². The number of aromatic nitrogens is 1. The van der Waals surface area contributed by atoms with Crippen LogP contribution in [-0.2, 0) is 30.3 Å². The molecule has 2 saturated heterocycles. The van der Waals surface area contributed by atoms with Gasteiger partial charge in [0.25, 0.3) is 5.91 Å². The Morgan fingerprint density at radius 1 is 0.978 bits per heavy atom. The summed E-state index contributed by atoms with van der Waals surface area (Å²) in [5, 5.41) is 14.2. The maximum absolute atomic E-state index is 13.6. The molecular formula is C28H32F6N4O7. The third-order valence-corrected chi connectivity index (χ3v) is 6.68. The van der Waals surface area contributed by atoms with Gasteiger partial charge in [-0.15, -0.1) is 0 Å². The normalized spacial score (nSPS) is 19.8. The number of hydrogen-bond donors (Lipinski definition) is 2. The van der Waals surface area contributed by atoms with Crippen LogP contribution in [0, 0.1) is 0 Å². The van der Waals surface area contributed by atoms with Gasteiger partial charge in [0.05, 0.1) is 19.6 Å². The SMILES string of the molecule is CN(C)CCN1CC(c2ccccc2)C2(CN(C(=O)Cc3ccccn3)CCO2)C1=O.O=C(O)C(F)(F)F.O=C(O)C(F)(F)F. The van der Waals surface area contributed by atoms with Crippen molar-refractivity contribution in [3.8, 4) is 0 Å². The lowest BCUT2D eigenvalue weighted by atomic mass is 9.83. The first kappa shape index (κ1) is 36.9. The van der Waals surface area contributed by atoms with Crippen LogP contribution in [0.4, 0.5) is 26.3 Å². The Hall–Kier alpha value is -4.25. The summed E-state index contributed by atoms with van der Waals surface area (Å²) in [5.41, 5.74) is 0.770. The number of rotatable bonds is 6. The van der Waals surface area contributed by atoms with Crippen LogP contribution in [0.25, 0.3) is 0 Å². The highest BCUT2D eigenvalue weighted by molar-refractivity contribution is 5.91. The highest BCUT2D eigenvalue weighted by atomic mass is 19.4. The summed E-state index contributed by atoms with van der Waals surface area (Å²) in [6, 6.07) is 15.6. The molecule has 3 heterocycles. The van der Waals surface area contributed by atoms with E-state index in [0.717, 1.165) is 17.8 Å². The van der Waals surface area contributed by atoms with Gasteiger partial charge in [0.15, 0.2) is 5.60 Å². The second kappa shape index (κ2) is 15.7. The van der Waals surface area contributed by atoms with Crippen molar-refractivity contribution >= 4 is 23.8 Å². The van der Waals surface area contributed by atoms with E-state index in [-0.39, 0.29) is 30.7 Å². The third kappa shape index (κ3) is 10.7. The van der Waals surface area contributed by atoms with Crippen LogP contribution >= 0.6 is 0 Å². The van der Waals surface area contributed by atoms with Gasteiger partial charge in [-0.3, -0.25) is 14.6 Å². The zero-order valence-corrected chi connectivity index (χ0v) is 24.2. The molecule has 0 radical (unpaired) electrons. The number of carbonyl (C=O) groups is 4. The Morgan fingerprint density at radius 2 is 1.53 bits per heavy atom. The number of ether oxygens (including phenoxy) is 1. The van der Waals surface area contributed by atoms with E-state index in [9.17, 15) is 35.9 Å². The molecule has 2 N–H and O–H groups in total. The van der Waals surface area contributed by atoms with Crippen LogP contribution in [0.3, 0.4) is 0 Å². The molecule has 248 valence electrons. The van der Waals surface area contributed by atoms with Crippen LogP contribution < -0.4 is 0 Å². The van der Waals surface area contributed by atoms with E-state index < -0.39 is 29.9 Å². The van der Waals surface area contributed by atoms with Crippen molar-refractivity contribution in [1.29, 1.82) is 0 Å². The number of carboxylic acid groups (broad SMARTS) is 2. The molecule has 2 unspecified atom stereocenters. The number of carboxylic acids is 2. The molecule has 45 heavy (non-hydrogen) atoms. The molecule has 2 aliphatic heterocycles. The predicted molar refractivity (Wildman–Crippen MR) is 145 cm³/mol. The monoisotopic (exact) mass is 650 g/mol. The van der Waals surface area contributed by atoms with Crippen molar-refractivity contribution in [2.75, 3.05) is 53.4 Å². The molecule has 2 atom stereocenters. The van der Waals surface area contributed by atoms with E-state index in [0.29, 0.717) is 26.2 Å². The van der Waals surface area contributed by atoms with Gasteiger partial charge in [-0.1, -0.05) is 36.4 Å². The van der Waals surface area contributed by atoms with Gasteiger partial charge >= 0.3 is 24.3 Å². The van der Waals surface area contributed by atoms with Gasteiger partial charge in [-0.25, -0.2) is 9.59 Å². The summed E-state index contributed by atoms with van der Waals surface area (Å²) >= 11 is 0. The van der Waals surface area contributed by atoms with E-state index in [2.05, 4.69) is 9.88 Å². The first-order chi connectivity index (χ1) is 20.9. The summed E-state index contributed by atoms with van der Waals surface area (Å²) in [5.74, 6) is -5.67. The molecule has 11 nitrogen and oxygen atoms in total. The summed E-state index contributed by atoms with van der Waals surface area (Å²) in [6.45, 7) is 3.13. The Kier molecular flexibility index (Phi) is 12.8. The van der Waals surface area contributed by atoms with Gasteiger partial charge in [0.2, 0.25) is 5.91 Å². The predicted octanol–water partition coefficient (Wildman–Crippen LogP) is 2.68. The van der Waals surface area contributed by atoms with Crippen molar-refractivity contribution in [1.82, 2.24) is 19.7 Å². The fraction of sp³-hybridized carbons (Fsp3) is 0.464. The van der Waals surface area contributed by atoms with Crippen molar-refractivity contribution in [3.63, 3.8) is 0 Å². The quantitative estimate of drug-likeness (QED) is 0.452. The van der Waals surface area contributed by atoms with E-state index in [4.69, 9.17) is 24.5 Å². The average Bonchev–Trinajstić information content (AvgIpc) is 3.22. The average molecular weight is 651 g/mol. The highest BCUT2D eigenvalue weighted by Crippen LogP contribution is 2.42. The Balaban J connectivity index is 0.000000421.